The third kappa shape index (κ3) is 4.56. The monoisotopic (exact) mass is 539 g/mol. The number of aromatic hydroxyl groups is 1. The zero-order chi connectivity index (χ0) is 27.2. The van der Waals surface area contributed by atoms with Crippen LogP contribution in [0.2, 0.25) is 0 Å². The van der Waals surface area contributed by atoms with Gasteiger partial charge in [0, 0.05) is 0 Å². The van der Waals surface area contributed by atoms with E-state index < -0.39 is 29.5 Å². The molecule has 1 aromatic carbocycles. The lowest BCUT2D eigenvalue weighted by molar-refractivity contribution is -0.117. The number of thiazole rings is 2. The van der Waals surface area contributed by atoms with Crippen LogP contribution in [0.1, 0.15) is 58.5 Å². The van der Waals surface area contributed by atoms with Gasteiger partial charge < -0.3 is 14.9 Å². The molecule has 11 heteroatoms. The van der Waals surface area contributed by atoms with Crippen molar-refractivity contribution in [3.05, 3.63) is 79.0 Å². The molecule has 2 N–H and O–H groups in total. The van der Waals surface area contributed by atoms with Gasteiger partial charge in [-0.1, -0.05) is 24.0 Å². The Hall–Kier alpha value is -3.83. The van der Waals surface area contributed by atoms with E-state index in [0.29, 0.717) is 38.0 Å². The summed E-state index contributed by atoms with van der Waals surface area (Å²) < 4.78 is 5.13. The number of hydrogen-bond acceptors (Lipinski definition) is 10. The van der Waals surface area contributed by atoms with Crippen molar-refractivity contribution in [3.63, 3.8) is 0 Å². The third-order valence-electron chi connectivity index (χ3n) is 5.90. The quantitative estimate of drug-likeness (QED) is 0.244. The lowest BCUT2D eigenvalue weighted by Gasteiger charge is -2.25. The van der Waals surface area contributed by atoms with Crippen LogP contribution in [0.15, 0.2) is 36.1 Å². The fourth-order valence-corrected chi connectivity index (χ4v) is 6.10. The summed E-state index contributed by atoms with van der Waals surface area (Å²) in [6.45, 7) is 12.0. The first-order chi connectivity index (χ1) is 17.5. The minimum atomic E-state index is -1.05. The van der Waals surface area contributed by atoms with Crippen LogP contribution in [0.3, 0.4) is 0 Å². The number of aromatic nitrogens is 2. The van der Waals surface area contributed by atoms with Crippen LogP contribution in [-0.4, -0.2) is 44.4 Å². The van der Waals surface area contributed by atoms with Gasteiger partial charge in [-0.3, -0.25) is 14.5 Å². The van der Waals surface area contributed by atoms with E-state index in [2.05, 4.69) is 16.5 Å². The number of rotatable bonds is 7. The van der Waals surface area contributed by atoms with E-state index in [9.17, 15) is 24.6 Å². The Labute approximate surface area is 221 Å². The van der Waals surface area contributed by atoms with Crippen LogP contribution >= 0.6 is 22.7 Å². The van der Waals surface area contributed by atoms with Gasteiger partial charge in [0.2, 0.25) is 5.78 Å². The van der Waals surface area contributed by atoms with Gasteiger partial charge in [-0.05, 0) is 63.4 Å². The molecular formula is C26H25N3O6S2. The molecule has 0 aliphatic carbocycles. The first-order valence-electron chi connectivity index (χ1n) is 11.3. The molecule has 1 unspecified atom stereocenters. The van der Waals surface area contributed by atoms with Gasteiger partial charge in [0.25, 0.3) is 5.91 Å². The molecule has 1 aliphatic heterocycles. The lowest BCUT2D eigenvalue weighted by Crippen LogP contribution is -2.31. The summed E-state index contributed by atoms with van der Waals surface area (Å²) in [6.07, 6.45) is 1.44. The summed E-state index contributed by atoms with van der Waals surface area (Å²) >= 11 is 2.10. The normalized spacial score (nSPS) is 15.4. The van der Waals surface area contributed by atoms with Crippen molar-refractivity contribution in [2.75, 3.05) is 11.5 Å². The fourth-order valence-electron chi connectivity index (χ4n) is 4.24. The number of carbonyl (C=O) groups excluding carboxylic acids is 3. The Morgan fingerprint density at radius 3 is 2.24 bits per heavy atom. The van der Waals surface area contributed by atoms with E-state index in [1.54, 1.807) is 46.8 Å². The number of carbonyl (C=O) groups is 3. The summed E-state index contributed by atoms with van der Waals surface area (Å²) in [7, 11) is 0. The molecule has 0 saturated carbocycles. The molecule has 0 spiro atoms. The second-order valence-electron chi connectivity index (χ2n) is 8.62. The molecule has 4 rings (SSSR count). The Kier molecular flexibility index (Phi) is 7.03. The maximum absolute atomic E-state index is 13.8. The smallest absolute Gasteiger partial charge is 0.350 e. The van der Waals surface area contributed by atoms with Crippen molar-refractivity contribution >= 4 is 45.5 Å². The number of ketones is 1. The summed E-state index contributed by atoms with van der Waals surface area (Å²) in [5, 5.41) is 22.2. The van der Waals surface area contributed by atoms with E-state index in [-0.39, 0.29) is 27.9 Å². The number of amides is 1. The SMILES string of the molecule is C=CCOC(=O)c1sc(N2C(=O)C(O)=C(C(=O)c3sc(C)nc3C)C2c2cc(C)c(O)c(C)c2)nc1C. The van der Waals surface area contributed by atoms with Crippen molar-refractivity contribution in [2.24, 2.45) is 0 Å². The number of nitrogens with zero attached hydrogens (tertiary/aromatic N) is 3. The number of aliphatic hydroxyl groups excluding tert-OH is 1. The molecule has 1 atom stereocenters. The minimum Gasteiger partial charge on any atom is -0.507 e. The molecule has 1 aliphatic rings. The summed E-state index contributed by atoms with van der Waals surface area (Å²) in [6, 6.07) is 2.26. The maximum Gasteiger partial charge on any atom is 0.350 e. The molecule has 9 nitrogen and oxygen atoms in total. The molecule has 3 aromatic rings. The Morgan fingerprint density at radius 2 is 1.68 bits per heavy atom. The number of phenolic OH excluding ortho intramolecular Hbond substituents is 1. The highest BCUT2D eigenvalue weighted by atomic mass is 32.1. The zero-order valence-corrected chi connectivity index (χ0v) is 22.5. The largest absolute Gasteiger partial charge is 0.507 e. The first kappa shape index (κ1) is 26.2. The highest BCUT2D eigenvalue weighted by molar-refractivity contribution is 7.17. The second-order valence-corrected chi connectivity index (χ2v) is 10.8. The number of aliphatic hydroxyl groups is 1. The lowest BCUT2D eigenvalue weighted by atomic mass is 9.92. The Bertz CT molecular complexity index is 1480. The van der Waals surface area contributed by atoms with E-state index in [1.165, 1.54) is 22.3 Å². The van der Waals surface area contributed by atoms with Gasteiger partial charge in [-0.25, -0.2) is 14.8 Å². The Morgan fingerprint density at radius 1 is 1.05 bits per heavy atom. The molecule has 2 aromatic heterocycles. The number of ether oxygens (including phenoxy) is 1. The van der Waals surface area contributed by atoms with Crippen LogP contribution in [-0.2, 0) is 9.53 Å². The second kappa shape index (κ2) is 9.91. The first-order valence-corrected chi connectivity index (χ1v) is 12.9. The zero-order valence-electron chi connectivity index (χ0n) is 20.9. The van der Waals surface area contributed by atoms with Gasteiger partial charge in [-0.15, -0.1) is 11.3 Å². The standard InChI is InChI=1S/C26H25N3O6S2/c1-7-8-35-25(34)23-14(5)28-26(37-23)29-18(16-9-11(2)19(30)12(3)10-16)17(21(32)24(29)33)20(31)22-13(4)27-15(6)36-22/h7,9-10,18,30,32H,1,8H2,2-6H3. The average Bonchev–Trinajstić information content (AvgIpc) is 3.47. The number of aryl methyl sites for hydroxylation is 5. The minimum absolute atomic E-state index is 0.0114. The van der Waals surface area contributed by atoms with Gasteiger partial charge >= 0.3 is 5.97 Å². The molecular weight excluding hydrogens is 514 g/mol. The van der Waals surface area contributed by atoms with E-state index in [1.807, 2.05) is 0 Å². The van der Waals surface area contributed by atoms with Gasteiger partial charge in [0.1, 0.15) is 17.2 Å². The molecule has 37 heavy (non-hydrogen) atoms. The molecule has 1 amide bonds. The van der Waals surface area contributed by atoms with E-state index in [0.717, 1.165) is 11.3 Å². The summed E-state index contributed by atoms with van der Waals surface area (Å²) in [5.74, 6) is -2.58. The number of phenols is 1. The van der Waals surface area contributed by atoms with Crippen LogP contribution in [0, 0.1) is 34.6 Å². The highest BCUT2D eigenvalue weighted by Crippen LogP contribution is 2.45. The maximum atomic E-state index is 13.8. The predicted molar refractivity (Wildman–Crippen MR) is 141 cm³/mol. The van der Waals surface area contributed by atoms with Crippen LogP contribution in [0.25, 0.3) is 0 Å². The van der Waals surface area contributed by atoms with Gasteiger partial charge in [-0.2, -0.15) is 0 Å². The number of benzene rings is 1. The van der Waals surface area contributed by atoms with Crippen molar-refractivity contribution in [1.29, 1.82) is 0 Å². The molecule has 0 bridgehead atoms. The van der Waals surface area contributed by atoms with Crippen molar-refractivity contribution < 1.29 is 29.3 Å². The highest BCUT2D eigenvalue weighted by Gasteiger charge is 2.47. The van der Waals surface area contributed by atoms with Crippen LogP contribution in [0.5, 0.6) is 5.75 Å². The molecule has 0 fully saturated rings. The molecule has 0 radical (unpaired) electrons. The molecule has 192 valence electrons. The van der Waals surface area contributed by atoms with Crippen molar-refractivity contribution in [2.45, 2.75) is 40.7 Å². The number of Topliss-reactive ketones (excluding diaryl/α,β-unsaturated/α-hetero) is 1. The topological polar surface area (TPSA) is 130 Å². The van der Waals surface area contributed by atoms with E-state index >= 15 is 0 Å². The Balaban J connectivity index is 1.90. The molecule has 3 heterocycles. The average molecular weight is 540 g/mol. The van der Waals surface area contributed by atoms with E-state index in [4.69, 9.17) is 4.74 Å². The number of esters is 1. The molecule has 0 saturated heterocycles. The van der Waals surface area contributed by atoms with Crippen LogP contribution in [0.4, 0.5) is 5.13 Å². The van der Waals surface area contributed by atoms with Gasteiger partial charge in [0.05, 0.1) is 32.9 Å². The van der Waals surface area contributed by atoms with Gasteiger partial charge in [0.15, 0.2) is 10.9 Å². The van der Waals surface area contributed by atoms with Crippen molar-refractivity contribution in [1.82, 2.24) is 9.97 Å². The van der Waals surface area contributed by atoms with Crippen LogP contribution < -0.4 is 4.90 Å². The predicted octanol–water partition coefficient (Wildman–Crippen LogP) is 4.97. The van der Waals surface area contributed by atoms with Crippen molar-refractivity contribution in [3.8, 4) is 5.75 Å². The third-order valence-corrected chi connectivity index (χ3v) is 8.11. The number of hydrogen-bond donors (Lipinski definition) is 2. The fraction of sp³-hybridized carbons (Fsp3) is 0.269. The number of anilines is 1. The summed E-state index contributed by atoms with van der Waals surface area (Å²) in [4.78, 5) is 50.2. The summed E-state index contributed by atoms with van der Waals surface area (Å²) in [5.41, 5.74) is 2.28.